The summed E-state index contributed by atoms with van der Waals surface area (Å²) in [7, 11) is 0. The maximum absolute atomic E-state index is 9.05. The maximum atomic E-state index is 9.05. The van der Waals surface area contributed by atoms with Gasteiger partial charge in [-0.05, 0) is 36.9 Å². The molecule has 3 nitrogen and oxygen atoms in total. The zero-order valence-corrected chi connectivity index (χ0v) is 11.3. The van der Waals surface area contributed by atoms with Gasteiger partial charge in [-0.25, -0.2) is 0 Å². The molecule has 1 aromatic heterocycles. The first-order chi connectivity index (χ1) is 8.21. The number of aliphatic hydroxyl groups is 1. The van der Waals surface area contributed by atoms with Crippen LogP contribution in [-0.2, 0) is 6.54 Å². The van der Waals surface area contributed by atoms with Crippen molar-refractivity contribution < 1.29 is 5.11 Å². The van der Waals surface area contributed by atoms with Crippen molar-refractivity contribution in [2.45, 2.75) is 46.2 Å². The lowest BCUT2D eigenvalue weighted by Crippen LogP contribution is -2.21. The first-order valence-corrected chi connectivity index (χ1v) is 6.71. The van der Waals surface area contributed by atoms with Crippen LogP contribution in [0.5, 0.6) is 0 Å². The lowest BCUT2D eigenvalue weighted by molar-refractivity contribution is 0.223. The second kappa shape index (κ2) is 7.51. The summed E-state index contributed by atoms with van der Waals surface area (Å²) in [6.45, 7) is 8.66. The highest BCUT2D eigenvalue weighted by Crippen LogP contribution is 2.17. The van der Waals surface area contributed by atoms with E-state index in [2.05, 4.69) is 49.1 Å². The van der Waals surface area contributed by atoms with Crippen LogP contribution in [0.2, 0.25) is 0 Å². The number of aliphatic hydroxyl groups excluding tert-OH is 1. The average molecular weight is 238 g/mol. The fourth-order valence-electron chi connectivity index (χ4n) is 2.01. The number of hydrogen-bond acceptors (Lipinski definition) is 2. The van der Waals surface area contributed by atoms with Gasteiger partial charge in [-0.1, -0.05) is 20.8 Å². The molecule has 0 radical (unpaired) electrons. The molecule has 0 aromatic carbocycles. The summed E-state index contributed by atoms with van der Waals surface area (Å²) in [6, 6.07) is 2.64. The highest BCUT2D eigenvalue weighted by Gasteiger charge is 2.10. The van der Waals surface area contributed by atoms with Gasteiger partial charge in [0.15, 0.2) is 0 Å². The molecule has 1 heterocycles. The Bertz CT molecular complexity index is 309. The SMILES string of the molecule is CCCNC(CC)c1ccn(CC(C)CO)c1. The molecule has 0 saturated heterocycles. The van der Waals surface area contributed by atoms with Gasteiger partial charge in [0.1, 0.15) is 0 Å². The van der Waals surface area contributed by atoms with Gasteiger partial charge in [0.25, 0.3) is 0 Å². The van der Waals surface area contributed by atoms with Gasteiger partial charge in [-0.2, -0.15) is 0 Å². The standard InChI is InChI=1S/C14H26N2O/c1-4-7-15-14(5-2)13-6-8-16(10-13)9-12(3)11-17/h6,8,10,12,14-15,17H,4-5,7,9,11H2,1-3H3. The van der Waals surface area contributed by atoms with E-state index in [1.54, 1.807) is 0 Å². The van der Waals surface area contributed by atoms with E-state index >= 15 is 0 Å². The van der Waals surface area contributed by atoms with Crippen LogP contribution in [0.3, 0.4) is 0 Å². The largest absolute Gasteiger partial charge is 0.396 e. The van der Waals surface area contributed by atoms with Crippen molar-refractivity contribution in [3.63, 3.8) is 0 Å². The quantitative estimate of drug-likeness (QED) is 0.730. The molecule has 0 aliphatic carbocycles. The molecule has 2 N–H and O–H groups in total. The molecular formula is C14H26N2O. The van der Waals surface area contributed by atoms with Crippen molar-refractivity contribution >= 4 is 0 Å². The average Bonchev–Trinajstić information content (AvgIpc) is 2.78. The maximum Gasteiger partial charge on any atom is 0.0473 e. The van der Waals surface area contributed by atoms with Crippen LogP contribution in [0.4, 0.5) is 0 Å². The number of nitrogens with zero attached hydrogens (tertiary/aromatic N) is 1. The molecule has 3 heteroatoms. The molecule has 0 aliphatic heterocycles. The first-order valence-electron chi connectivity index (χ1n) is 6.71. The van der Waals surface area contributed by atoms with Gasteiger partial charge in [0, 0.05) is 31.6 Å². The van der Waals surface area contributed by atoms with Crippen LogP contribution < -0.4 is 5.32 Å². The summed E-state index contributed by atoms with van der Waals surface area (Å²) in [5.74, 6) is 0.318. The van der Waals surface area contributed by atoms with Crippen molar-refractivity contribution in [1.82, 2.24) is 9.88 Å². The molecule has 17 heavy (non-hydrogen) atoms. The summed E-state index contributed by atoms with van der Waals surface area (Å²) >= 11 is 0. The summed E-state index contributed by atoms with van der Waals surface area (Å²) < 4.78 is 2.17. The van der Waals surface area contributed by atoms with Crippen LogP contribution in [0.1, 0.15) is 45.2 Å². The van der Waals surface area contributed by atoms with Crippen LogP contribution >= 0.6 is 0 Å². The van der Waals surface area contributed by atoms with E-state index in [9.17, 15) is 0 Å². The van der Waals surface area contributed by atoms with Crippen LogP contribution in [0.25, 0.3) is 0 Å². The molecule has 0 saturated carbocycles. The van der Waals surface area contributed by atoms with E-state index in [1.165, 1.54) is 12.0 Å². The van der Waals surface area contributed by atoms with Crippen molar-refractivity contribution in [2.75, 3.05) is 13.2 Å². The molecular weight excluding hydrogens is 212 g/mol. The molecule has 98 valence electrons. The molecule has 0 bridgehead atoms. The normalized spacial score (nSPS) is 14.8. The van der Waals surface area contributed by atoms with E-state index in [0.29, 0.717) is 12.0 Å². The fourth-order valence-corrected chi connectivity index (χ4v) is 2.01. The van der Waals surface area contributed by atoms with E-state index in [4.69, 9.17) is 5.11 Å². The Hall–Kier alpha value is -0.800. The lowest BCUT2D eigenvalue weighted by atomic mass is 10.1. The van der Waals surface area contributed by atoms with Crippen molar-refractivity contribution in [3.05, 3.63) is 24.0 Å². The van der Waals surface area contributed by atoms with Gasteiger partial charge in [-0.3, -0.25) is 0 Å². The van der Waals surface area contributed by atoms with Gasteiger partial charge < -0.3 is 15.0 Å². The van der Waals surface area contributed by atoms with Gasteiger partial charge in [-0.15, -0.1) is 0 Å². The fraction of sp³-hybridized carbons (Fsp3) is 0.714. The zero-order chi connectivity index (χ0) is 12.7. The first kappa shape index (κ1) is 14.3. The second-order valence-electron chi connectivity index (χ2n) is 4.84. The molecule has 1 rings (SSSR count). The molecule has 2 atom stereocenters. The highest BCUT2D eigenvalue weighted by atomic mass is 16.3. The molecule has 0 aliphatic rings. The highest BCUT2D eigenvalue weighted by molar-refractivity contribution is 5.15. The molecule has 1 aromatic rings. The van der Waals surface area contributed by atoms with Crippen molar-refractivity contribution in [2.24, 2.45) is 5.92 Å². The van der Waals surface area contributed by atoms with Gasteiger partial charge in [0.05, 0.1) is 0 Å². The third-order valence-corrected chi connectivity index (χ3v) is 3.06. The van der Waals surface area contributed by atoms with Crippen LogP contribution in [0, 0.1) is 5.92 Å². The Labute approximate surface area is 105 Å². The summed E-state index contributed by atoms with van der Waals surface area (Å²) in [4.78, 5) is 0. The van der Waals surface area contributed by atoms with Gasteiger partial charge >= 0.3 is 0 Å². The predicted octanol–water partition coefficient (Wildman–Crippen LogP) is 2.57. The Morgan fingerprint density at radius 1 is 1.41 bits per heavy atom. The topological polar surface area (TPSA) is 37.2 Å². The Balaban J connectivity index is 2.58. The number of nitrogens with one attached hydrogen (secondary N) is 1. The molecule has 0 amide bonds. The van der Waals surface area contributed by atoms with E-state index in [1.807, 2.05) is 0 Å². The minimum Gasteiger partial charge on any atom is -0.396 e. The summed E-state index contributed by atoms with van der Waals surface area (Å²) in [5, 5.41) is 12.6. The van der Waals surface area contributed by atoms with E-state index in [-0.39, 0.29) is 6.61 Å². The number of hydrogen-bond donors (Lipinski definition) is 2. The Kier molecular flexibility index (Phi) is 6.30. The Morgan fingerprint density at radius 3 is 2.76 bits per heavy atom. The Morgan fingerprint density at radius 2 is 2.18 bits per heavy atom. The monoisotopic (exact) mass is 238 g/mol. The summed E-state index contributed by atoms with van der Waals surface area (Å²) in [6.07, 6.45) is 6.58. The lowest BCUT2D eigenvalue weighted by Gasteiger charge is -2.15. The predicted molar refractivity (Wildman–Crippen MR) is 72.0 cm³/mol. The molecule has 0 fully saturated rings. The third-order valence-electron chi connectivity index (χ3n) is 3.06. The smallest absolute Gasteiger partial charge is 0.0473 e. The minimum atomic E-state index is 0.249. The molecule has 2 unspecified atom stereocenters. The third kappa shape index (κ3) is 4.52. The van der Waals surface area contributed by atoms with Crippen LogP contribution in [-0.4, -0.2) is 22.8 Å². The van der Waals surface area contributed by atoms with Crippen molar-refractivity contribution in [1.29, 1.82) is 0 Å². The van der Waals surface area contributed by atoms with Crippen molar-refractivity contribution in [3.8, 4) is 0 Å². The second-order valence-corrected chi connectivity index (χ2v) is 4.84. The van der Waals surface area contributed by atoms with E-state index in [0.717, 1.165) is 19.5 Å². The van der Waals surface area contributed by atoms with Gasteiger partial charge in [0.2, 0.25) is 0 Å². The number of aromatic nitrogens is 1. The van der Waals surface area contributed by atoms with Crippen LogP contribution in [0.15, 0.2) is 18.5 Å². The molecule has 0 spiro atoms. The zero-order valence-electron chi connectivity index (χ0n) is 11.3. The summed E-state index contributed by atoms with van der Waals surface area (Å²) in [5.41, 5.74) is 1.35. The van der Waals surface area contributed by atoms with E-state index < -0.39 is 0 Å². The number of rotatable bonds is 8. The minimum absolute atomic E-state index is 0.249.